The second-order valence-electron chi connectivity index (χ2n) is 5.60. The topological polar surface area (TPSA) is 101 Å². The maximum atomic E-state index is 12.1. The monoisotopic (exact) mass is 341 g/mol. The van der Waals surface area contributed by atoms with Gasteiger partial charge < -0.3 is 10.6 Å². The minimum Gasteiger partial charge on any atom is -0.330 e. The molecule has 0 aromatic heterocycles. The first-order valence-electron chi connectivity index (χ1n) is 7.32. The van der Waals surface area contributed by atoms with Crippen LogP contribution in [0.5, 0.6) is 0 Å². The number of sulfone groups is 1. The van der Waals surface area contributed by atoms with Crippen LogP contribution in [0.1, 0.15) is 25.7 Å². The molecule has 7 nitrogen and oxygen atoms in total. The van der Waals surface area contributed by atoms with Gasteiger partial charge in [-0.2, -0.15) is 4.31 Å². The van der Waals surface area contributed by atoms with Gasteiger partial charge in [0.05, 0.1) is 0 Å². The highest BCUT2D eigenvalue weighted by Gasteiger charge is 2.28. The third-order valence-corrected chi connectivity index (χ3v) is 7.54. The van der Waals surface area contributed by atoms with E-state index < -0.39 is 24.9 Å². The zero-order valence-electron chi connectivity index (χ0n) is 12.7. The van der Waals surface area contributed by atoms with Gasteiger partial charge in [-0.15, -0.1) is 0 Å². The Morgan fingerprint density at radius 3 is 2.29 bits per heavy atom. The van der Waals surface area contributed by atoms with Crippen molar-refractivity contribution in [2.45, 2.75) is 25.7 Å². The van der Waals surface area contributed by atoms with Gasteiger partial charge in [0.2, 0.25) is 10.0 Å². The van der Waals surface area contributed by atoms with Crippen molar-refractivity contribution in [3.63, 3.8) is 0 Å². The van der Waals surface area contributed by atoms with Crippen LogP contribution in [0.3, 0.4) is 0 Å². The zero-order chi connectivity index (χ0) is 15.9. The first kappa shape index (κ1) is 18.8. The van der Waals surface area contributed by atoms with Gasteiger partial charge in [-0.3, -0.25) is 0 Å². The molecule has 0 bridgehead atoms. The molecule has 9 heteroatoms. The number of nitrogens with two attached hydrogens (primary N) is 1. The Labute approximate surface area is 128 Å². The predicted molar refractivity (Wildman–Crippen MR) is 84.2 cm³/mol. The van der Waals surface area contributed by atoms with Crippen molar-refractivity contribution in [3.8, 4) is 0 Å². The van der Waals surface area contributed by atoms with E-state index in [0.717, 1.165) is 45.0 Å². The van der Waals surface area contributed by atoms with Gasteiger partial charge in [-0.05, 0) is 38.9 Å². The molecule has 0 aromatic carbocycles. The summed E-state index contributed by atoms with van der Waals surface area (Å²) in [6, 6.07) is 0. The maximum Gasteiger partial charge on any atom is 0.228 e. The second kappa shape index (κ2) is 8.42. The zero-order valence-corrected chi connectivity index (χ0v) is 14.3. The van der Waals surface area contributed by atoms with Crippen LogP contribution in [-0.2, 0) is 19.9 Å². The maximum absolute atomic E-state index is 12.1. The van der Waals surface area contributed by atoms with Crippen molar-refractivity contribution >= 4 is 19.9 Å². The van der Waals surface area contributed by atoms with Crippen LogP contribution in [-0.4, -0.2) is 76.6 Å². The minimum atomic E-state index is -3.71. The first-order chi connectivity index (χ1) is 9.74. The van der Waals surface area contributed by atoms with Crippen molar-refractivity contribution in [2.24, 2.45) is 5.73 Å². The molecule has 0 atom stereocenters. The fourth-order valence-corrected chi connectivity index (χ4v) is 5.98. The summed E-state index contributed by atoms with van der Waals surface area (Å²) < 4.78 is 47.9. The van der Waals surface area contributed by atoms with E-state index in [0.29, 0.717) is 26.2 Å². The summed E-state index contributed by atoms with van der Waals surface area (Å²) >= 11 is 0. The number of unbranched alkanes of at least 4 members (excludes halogenated alkanes) is 2. The van der Waals surface area contributed by atoms with E-state index in [4.69, 9.17) is 5.73 Å². The highest BCUT2D eigenvalue weighted by atomic mass is 32.3. The van der Waals surface area contributed by atoms with Gasteiger partial charge in [0.1, 0.15) is 0 Å². The third-order valence-electron chi connectivity index (χ3n) is 3.48. The molecule has 2 N–H and O–H groups in total. The number of sulfonamides is 1. The average molecular weight is 341 g/mol. The standard InChI is InChI=1S/C12H27N3O4S2/c1-20(16,17)12-21(18,19)15-9-5-8-14(10-11-15)7-4-2-3-6-13/h2-13H2,1H3. The summed E-state index contributed by atoms with van der Waals surface area (Å²) in [4.78, 5) is 2.24. The van der Waals surface area contributed by atoms with E-state index in [1.165, 1.54) is 4.31 Å². The Hall–Kier alpha value is -0.220. The Kier molecular flexibility index (Phi) is 7.55. The summed E-state index contributed by atoms with van der Waals surface area (Å²) in [5.41, 5.74) is 5.45. The molecular weight excluding hydrogens is 314 g/mol. The van der Waals surface area contributed by atoms with Crippen molar-refractivity contribution < 1.29 is 16.8 Å². The molecule has 0 amide bonds. The molecule has 1 rings (SSSR count). The number of hydrogen-bond acceptors (Lipinski definition) is 6. The van der Waals surface area contributed by atoms with Gasteiger partial charge in [-0.1, -0.05) is 6.42 Å². The molecule has 21 heavy (non-hydrogen) atoms. The summed E-state index contributed by atoms with van der Waals surface area (Å²) in [5.74, 6) is 0. The number of hydrogen-bond donors (Lipinski definition) is 1. The van der Waals surface area contributed by atoms with Crippen LogP contribution in [0, 0.1) is 0 Å². The van der Waals surface area contributed by atoms with Crippen LogP contribution in [0.15, 0.2) is 0 Å². The highest BCUT2D eigenvalue weighted by Crippen LogP contribution is 2.11. The summed E-state index contributed by atoms with van der Waals surface area (Å²) in [6.07, 6.45) is 4.85. The van der Waals surface area contributed by atoms with Crippen LogP contribution in [0.4, 0.5) is 0 Å². The Balaban J connectivity index is 2.48. The summed E-state index contributed by atoms with van der Waals surface area (Å²) in [5, 5.41) is -0.795. The van der Waals surface area contributed by atoms with Gasteiger partial charge in [0.25, 0.3) is 0 Å². The Morgan fingerprint density at radius 2 is 1.67 bits per heavy atom. The highest BCUT2D eigenvalue weighted by molar-refractivity contribution is 8.06. The molecule has 0 aliphatic carbocycles. The van der Waals surface area contributed by atoms with Gasteiger partial charge >= 0.3 is 0 Å². The van der Waals surface area contributed by atoms with E-state index in [2.05, 4.69) is 4.90 Å². The van der Waals surface area contributed by atoms with Gasteiger partial charge in [-0.25, -0.2) is 16.8 Å². The van der Waals surface area contributed by atoms with Crippen molar-refractivity contribution in [1.82, 2.24) is 9.21 Å². The Bertz CT molecular complexity index is 505. The third kappa shape index (κ3) is 7.55. The predicted octanol–water partition coefficient (Wildman–Crippen LogP) is -0.545. The molecule has 1 aliphatic rings. The SMILES string of the molecule is CS(=O)(=O)CS(=O)(=O)N1CCCN(CCCCCN)CC1. The molecule has 0 aromatic rings. The first-order valence-corrected chi connectivity index (χ1v) is 11.0. The minimum absolute atomic E-state index is 0.370. The summed E-state index contributed by atoms with van der Waals surface area (Å²) in [7, 11) is -7.25. The quantitative estimate of drug-likeness (QED) is 0.595. The Morgan fingerprint density at radius 1 is 0.952 bits per heavy atom. The molecule has 1 fully saturated rings. The van der Waals surface area contributed by atoms with Crippen LogP contribution in [0.25, 0.3) is 0 Å². The van der Waals surface area contributed by atoms with Crippen LogP contribution < -0.4 is 5.73 Å². The van der Waals surface area contributed by atoms with E-state index in [1.807, 2.05) is 0 Å². The van der Waals surface area contributed by atoms with Gasteiger partial charge in [0.15, 0.2) is 14.9 Å². The smallest absolute Gasteiger partial charge is 0.228 e. The molecule has 126 valence electrons. The lowest BCUT2D eigenvalue weighted by atomic mass is 10.2. The lowest BCUT2D eigenvalue weighted by Gasteiger charge is -2.21. The van der Waals surface area contributed by atoms with E-state index in [9.17, 15) is 16.8 Å². The van der Waals surface area contributed by atoms with E-state index in [-0.39, 0.29) is 0 Å². The van der Waals surface area contributed by atoms with Crippen molar-refractivity contribution in [2.75, 3.05) is 50.6 Å². The average Bonchev–Trinajstić information content (AvgIpc) is 2.58. The largest absolute Gasteiger partial charge is 0.330 e. The fraction of sp³-hybridized carbons (Fsp3) is 1.00. The second-order valence-corrected chi connectivity index (χ2v) is 10.1. The van der Waals surface area contributed by atoms with Crippen molar-refractivity contribution in [1.29, 1.82) is 0 Å². The normalized spacial score (nSPS) is 19.5. The lowest BCUT2D eigenvalue weighted by Crippen LogP contribution is -2.38. The lowest BCUT2D eigenvalue weighted by molar-refractivity contribution is 0.280. The molecule has 1 aliphatic heterocycles. The number of nitrogens with zero attached hydrogens (tertiary/aromatic N) is 2. The van der Waals surface area contributed by atoms with Crippen LogP contribution >= 0.6 is 0 Å². The molecule has 1 saturated heterocycles. The summed E-state index contributed by atoms with van der Waals surface area (Å²) in [6.45, 7) is 3.93. The number of rotatable bonds is 8. The fourth-order valence-electron chi connectivity index (χ4n) is 2.45. The van der Waals surface area contributed by atoms with Gasteiger partial charge in [0, 0.05) is 25.9 Å². The van der Waals surface area contributed by atoms with Crippen molar-refractivity contribution in [3.05, 3.63) is 0 Å². The molecule has 1 heterocycles. The molecule has 0 unspecified atom stereocenters. The molecule has 0 saturated carbocycles. The van der Waals surface area contributed by atoms with E-state index >= 15 is 0 Å². The molecular formula is C12H27N3O4S2. The molecule has 0 spiro atoms. The van der Waals surface area contributed by atoms with E-state index in [1.54, 1.807) is 0 Å². The molecule has 0 radical (unpaired) electrons. The van der Waals surface area contributed by atoms with Crippen LogP contribution in [0.2, 0.25) is 0 Å².